The molecule has 3 aromatic rings. The first kappa shape index (κ1) is 22.2. The number of phenolic OH excluding ortho intramolecular Hbond substituents is 1. The van der Waals surface area contributed by atoms with Crippen molar-refractivity contribution in [1.82, 2.24) is 9.97 Å². The van der Waals surface area contributed by atoms with E-state index >= 15 is 0 Å². The van der Waals surface area contributed by atoms with Crippen molar-refractivity contribution in [1.29, 1.82) is 0 Å². The molecule has 30 heavy (non-hydrogen) atoms. The Morgan fingerprint density at radius 3 is 2.43 bits per heavy atom. The van der Waals surface area contributed by atoms with Crippen LogP contribution in [-0.2, 0) is 0 Å². The minimum Gasteiger partial charge on any atom is -0.506 e. The van der Waals surface area contributed by atoms with E-state index in [9.17, 15) is 5.11 Å². The van der Waals surface area contributed by atoms with E-state index in [4.69, 9.17) is 0 Å². The first-order chi connectivity index (χ1) is 14.4. The Balaban J connectivity index is 1.78. The van der Waals surface area contributed by atoms with Crippen molar-refractivity contribution >= 4 is 49.6 Å². The van der Waals surface area contributed by atoms with Gasteiger partial charge in [0.2, 0.25) is 0 Å². The Kier molecular flexibility index (Phi) is 7.44. The summed E-state index contributed by atoms with van der Waals surface area (Å²) in [5.74, 6) is 1.05. The average molecular weight is 533 g/mol. The summed E-state index contributed by atoms with van der Waals surface area (Å²) >= 11 is 6.78. The number of halogens is 2. The third-order valence-corrected chi connectivity index (χ3v) is 5.60. The molecule has 2 N–H and O–H groups in total. The summed E-state index contributed by atoms with van der Waals surface area (Å²) in [4.78, 5) is 11.2. The van der Waals surface area contributed by atoms with Gasteiger partial charge in [0.1, 0.15) is 5.75 Å². The molecule has 0 aliphatic carbocycles. The van der Waals surface area contributed by atoms with Crippen LogP contribution in [0.5, 0.6) is 5.75 Å². The van der Waals surface area contributed by atoms with Crippen LogP contribution < -0.4 is 10.3 Å². The second kappa shape index (κ2) is 10.0. The molecule has 0 fully saturated rings. The fourth-order valence-corrected chi connectivity index (χ4v) is 4.24. The van der Waals surface area contributed by atoms with Gasteiger partial charge in [0.05, 0.1) is 16.3 Å². The van der Waals surface area contributed by atoms with Gasteiger partial charge in [-0.3, -0.25) is 5.43 Å². The van der Waals surface area contributed by atoms with E-state index in [1.165, 1.54) is 5.69 Å². The van der Waals surface area contributed by atoms with E-state index in [0.29, 0.717) is 21.7 Å². The number of phenols is 1. The number of aromatic nitrogens is 2. The smallest absolute Gasteiger partial charge is 0.165 e. The number of benzene rings is 2. The maximum atomic E-state index is 10.4. The van der Waals surface area contributed by atoms with E-state index in [1.54, 1.807) is 24.4 Å². The van der Waals surface area contributed by atoms with Crippen LogP contribution >= 0.6 is 31.9 Å². The molecule has 0 saturated heterocycles. The highest BCUT2D eigenvalue weighted by Gasteiger charge is 2.13. The molecule has 0 aliphatic heterocycles. The summed E-state index contributed by atoms with van der Waals surface area (Å²) < 4.78 is 1.38. The summed E-state index contributed by atoms with van der Waals surface area (Å²) in [5, 5.41) is 14.7. The van der Waals surface area contributed by atoms with E-state index in [-0.39, 0.29) is 5.75 Å². The summed E-state index contributed by atoms with van der Waals surface area (Å²) in [6, 6.07) is 13.6. The number of rotatable bonds is 7. The lowest BCUT2D eigenvalue weighted by atomic mass is 10.2. The molecule has 1 aromatic heterocycles. The number of hydrazone groups is 1. The molecule has 6 nitrogen and oxygen atoms in total. The van der Waals surface area contributed by atoms with Crippen LogP contribution in [0.4, 0.5) is 11.5 Å². The quantitative estimate of drug-likeness (QED) is 0.289. The average Bonchev–Trinajstić information content (AvgIpc) is 2.72. The van der Waals surface area contributed by atoms with Crippen LogP contribution in [0, 0.1) is 6.92 Å². The van der Waals surface area contributed by atoms with Crippen molar-refractivity contribution in [2.75, 3.05) is 23.4 Å². The van der Waals surface area contributed by atoms with Crippen LogP contribution in [0.25, 0.3) is 11.4 Å². The van der Waals surface area contributed by atoms with Gasteiger partial charge in [0, 0.05) is 35.0 Å². The molecule has 0 radical (unpaired) electrons. The monoisotopic (exact) mass is 531 g/mol. The van der Waals surface area contributed by atoms with Gasteiger partial charge < -0.3 is 10.0 Å². The van der Waals surface area contributed by atoms with Gasteiger partial charge in [-0.05, 0) is 66.5 Å². The van der Waals surface area contributed by atoms with Crippen LogP contribution in [0.15, 0.2) is 56.5 Å². The van der Waals surface area contributed by atoms with Gasteiger partial charge in [0.15, 0.2) is 11.6 Å². The molecule has 3 rings (SSSR count). The SMILES string of the molecule is CCN(CC)c1ccc(/C=N/Nc2cc(C)nc(-c3cc(Br)cc(Br)c3O)n2)cc1. The Hall–Kier alpha value is -2.45. The molecule has 1 heterocycles. The molecule has 0 saturated carbocycles. The molecule has 0 unspecified atom stereocenters. The van der Waals surface area contributed by atoms with Crippen LogP contribution in [0.3, 0.4) is 0 Å². The van der Waals surface area contributed by atoms with E-state index in [1.807, 2.05) is 19.1 Å². The van der Waals surface area contributed by atoms with Crippen molar-refractivity contribution < 1.29 is 5.11 Å². The zero-order chi connectivity index (χ0) is 21.7. The van der Waals surface area contributed by atoms with Crippen LogP contribution in [0.1, 0.15) is 25.1 Å². The number of aryl methyl sites for hydroxylation is 1. The molecule has 0 atom stereocenters. The molecule has 0 bridgehead atoms. The summed E-state index contributed by atoms with van der Waals surface area (Å²) in [6.45, 7) is 8.12. The number of hydrogen-bond donors (Lipinski definition) is 2. The maximum absolute atomic E-state index is 10.4. The van der Waals surface area contributed by atoms with E-state index < -0.39 is 0 Å². The maximum Gasteiger partial charge on any atom is 0.165 e. The van der Waals surface area contributed by atoms with Gasteiger partial charge in [-0.15, -0.1) is 0 Å². The Morgan fingerprint density at radius 1 is 1.07 bits per heavy atom. The zero-order valence-electron chi connectivity index (χ0n) is 17.0. The normalized spacial score (nSPS) is 11.1. The Bertz CT molecular complexity index is 1050. The van der Waals surface area contributed by atoms with Crippen molar-refractivity contribution in [2.45, 2.75) is 20.8 Å². The first-order valence-corrected chi connectivity index (χ1v) is 11.2. The minimum atomic E-state index is 0.0894. The third-order valence-electron chi connectivity index (χ3n) is 4.54. The molecule has 0 spiro atoms. The highest BCUT2D eigenvalue weighted by molar-refractivity contribution is 9.11. The standard InChI is InChI=1S/C22H23Br2N5O/c1-4-29(5-2)17-8-6-15(7-9-17)13-25-28-20-10-14(3)26-22(27-20)18-11-16(23)12-19(24)21(18)30/h6-13,30H,4-5H2,1-3H3,(H,26,27,28)/b25-13+. The lowest BCUT2D eigenvalue weighted by molar-refractivity contribution is 0.473. The molecular weight excluding hydrogens is 510 g/mol. The van der Waals surface area contributed by atoms with Gasteiger partial charge in [-0.25, -0.2) is 9.97 Å². The number of aromatic hydroxyl groups is 1. The van der Waals surface area contributed by atoms with Crippen molar-refractivity contribution in [3.8, 4) is 17.1 Å². The lowest BCUT2D eigenvalue weighted by Crippen LogP contribution is -2.21. The van der Waals surface area contributed by atoms with Gasteiger partial charge in [-0.1, -0.05) is 28.1 Å². The molecular formula is C22H23Br2N5O. The van der Waals surface area contributed by atoms with Gasteiger partial charge in [-0.2, -0.15) is 5.10 Å². The highest BCUT2D eigenvalue weighted by Crippen LogP contribution is 2.37. The fourth-order valence-electron chi connectivity index (χ4n) is 3.02. The summed E-state index contributed by atoms with van der Waals surface area (Å²) in [5.41, 5.74) is 6.42. The largest absolute Gasteiger partial charge is 0.506 e. The molecule has 0 amide bonds. The van der Waals surface area contributed by atoms with Crippen molar-refractivity contribution in [3.05, 3.63) is 62.7 Å². The van der Waals surface area contributed by atoms with Crippen LogP contribution in [-0.4, -0.2) is 34.4 Å². The Morgan fingerprint density at radius 2 is 1.77 bits per heavy atom. The number of anilines is 2. The summed E-state index contributed by atoms with van der Waals surface area (Å²) in [7, 11) is 0. The van der Waals surface area contributed by atoms with E-state index in [0.717, 1.165) is 28.8 Å². The fraction of sp³-hybridized carbons (Fsp3) is 0.227. The number of nitrogens with zero attached hydrogens (tertiary/aromatic N) is 4. The summed E-state index contributed by atoms with van der Waals surface area (Å²) in [6.07, 6.45) is 1.75. The predicted octanol–water partition coefficient (Wildman–Crippen LogP) is 5.97. The van der Waals surface area contributed by atoms with Crippen molar-refractivity contribution in [3.63, 3.8) is 0 Å². The second-order valence-electron chi connectivity index (χ2n) is 6.64. The molecule has 2 aromatic carbocycles. The lowest BCUT2D eigenvalue weighted by Gasteiger charge is -2.20. The third kappa shape index (κ3) is 5.37. The first-order valence-electron chi connectivity index (χ1n) is 9.59. The molecule has 8 heteroatoms. The number of hydrogen-bond acceptors (Lipinski definition) is 6. The second-order valence-corrected chi connectivity index (χ2v) is 8.41. The van der Waals surface area contributed by atoms with Gasteiger partial charge >= 0.3 is 0 Å². The van der Waals surface area contributed by atoms with Gasteiger partial charge in [0.25, 0.3) is 0 Å². The predicted molar refractivity (Wildman–Crippen MR) is 130 cm³/mol. The van der Waals surface area contributed by atoms with Crippen molar-refractivity contribution in [2.24, 2.45) is 5.10 Å². The number of nitrogens with one attached hydrogen (secondary N) is 1. The minimum absolute atomic E-state index is 0.0894. The van der Waals surface area contributed by atoms with E-state index in [2.05, 4.69) is 83.2 Å². The zero-order valence-corrected chi connectivity index (χ0v) is 20.2. The Labute approximate surface area is 193 Å². The molecule has 156 valence electrons. The van der Waals surface area contributed by atoms with Crippen LogP contribution in [0.2, 0.25) is 0 Å². The molecule has 0 aliphatic rings. The topological polar surface area (TPSA) is 73.6 Å². The highest BCUT2D eigenvalue weighted by atomic mass is 79.9.